The highest BCUT2D eigenvalue weighted by atomic mass is 16.6. The zero-order valence-electron chi connectivity index (χ0n) is 11.0. The number of anilines is 1. The Kier molecular flexibility index (Phi) is 3.51. The van der Waals surface area contributed by atoms with Crippen LogP contribution in [0.5, 0.6) is 0 Å². The van der Waals surface area contributed by atoms with E-state index in [1.54, 1.807) is 6.92 Å². The molecule has 0 aromatic carbocycles. The van der Waals surface area contributed by atoms with Crippen LogP contribution in [0, 0.1) is 17.0 Å². The lowest BCUT2D eigenvalue weighted by Gasteiger charge is -2.25. The summed E-state index contributed by atoms with van der Waals surface area (Å²) < 4.78 is 1.81. The lowest BCUT2D eigenvalue weighted by Crippen LogP contribution is -2.38. The molecule has 1 aromatic heterocycles. The van der Waals surface area contributed by atoms with Crippen LogP contribution in [0.3, 0.4) is 0 Å². The van der Waals surface area contributed by atoms with Gasteiger partial charge in [-0.3, -0.25) is 4.57 Å². The third kappa shape index (κ3) is 2.05. The van der Waals surface area contributed by atoms with Crippen molar-refractivity contribution in [3.05, 3.63) is 15.9 Å². The molecule has 1 fully saturated rings. The van der Waals surface area contributed by atoms with E-state index >= 15 is 0 Å². The van der Waals surface area contributed by atoms with Gasteiger partial charge in [-0.05, 0) is 29.8 Å². The Morgan fingerprint density at radius 3 is 2.94 bits per heavy atom. The summed E-state index contributed by atoms with van der Waals surface area (Å²) in [5.41, 5.74) is 0. The molecule has 1 aliphatic rings. The molecule has 1 aromatic rings. The minimum Gasteiger partial charge on any atom is -0.358 e. The smallest absolute Gasteiger partial charge is 0.358 e. The Balaban J connectivity index is 2.40. The van der Waals surface area contributed by atoms with E-state index in [1.165, 1.54) is 0 Å². The van der Waals surface area contributed by atoms with Gasteiger partial charge in [0.25, 0.3) is 0 Å². The van der Waals surface area contributed by atoms with Crippen molar-refractivity contribution in [2.24, 2.45) is 7.05 Å². The van der Waals surface area contributed by atoms with E-state index in [0.29, 0.717) is 17.7 Å². The second-order valence-electron chi connectivity index (χ2n) is 4.67. The van der Waals surface area contributed by atoms with Gasteiger partial charge in [0.2, 0.25) is 11.6 Å². The SMILES string of the molecule is CNCC1CCCN1c1c([N+](=O)[O-])nc(C)n1C. The Labute approximate surface area is 106 Å². The molecule has 0 aliphatic carbocycles. The molecule has 2 rings (SSSR count). The van der Waals surface area contributed by atoms with Crippen LogP contribution in [0.4, 0.5) is 11.6 Å². The minimum absolute atomic E-state index is 0.0296. The maximum atomic E-state index is 11.1. The van der Waals surface area contributed by atoms with E-state index in [9.17, 15) is 10.1 Å². The van der Waals surface area contributed by atoms with Gasteiger partial charge < -0.3 is 20.3 Å². The average Bonchev–Trinajstić information content (AvgIpc) is 2.86. The predicted octanol–water partition coefficient (Wildman–Crippen LogP) is 0.825. The van der Waals surface area contributed by atoms with Crippen LogP contribution < -0.4 is 10.2 Å². The normalized spacial score (nSPS) is 19.5. The third-order valence-corrected chi connectivity index (χ3v) is 3.53. The number of aryl methyl sites for hydroxylation is 1. The molecule has 1 N–H and O–H groups in total. The lowest BCUT2D eigenvalue weighted by atomic mass is 10.2. The lowest BCUT2D eigenvalue weighted by molar-refractivity contribution is -0.388. The fourth-order valence-corrected chi connectivity index (χ4v) is 2.59. The van der Waals surface area contributed by atoms with Crippen LogP contribution in [0.2, 0.25) is 0 Å². The third-order valence-electron chi connectivity index (χ3n) is 3.53. The minimum atomic E-state index is -0.392. The van der Waals surface area contributed by atoms with Crippen molar-refractivity contribution in [3.63, 3.8) is 0 Å². The van der Waals surface area contributed by atoms with Crippen LogP contribution >= 0.6 is 0 Å². The fourth-order valence-electron chi connectivity index (χ4n) is 2.59. The van der Waals surface area contributed by atoms with E-state index in [-0.39, 0.29) is 5.82 Å². The molecule has 100 valence electrons. The van der Waals surface area contributed by atoms with E-state index in [4.69, 9.17) is 0 Å². The highest BCUT2D eigenvalue weighted by Gasteiger charge is 2.34. The fraction of sp³-hybridized carbons (Fsp3) is 0.727. The first-order chi connectivity index (χ1) is 8.56. The molecule has 0 spiro atoms. The summed E-state index contributed by atoms with van der Waals surface area (Å²) in [4.78, 5) is 16.9. The topological polar surface area (TPSA) is 76.2 Å². The molecule has 0 saturated carbocycles. The summed E-state index contributed by atoms with van der Waals surface area (Å²) in [5, 5.41) is 14.2. The quantitative estimate of drug-likeness (QED) is 0.635. The van der Waals surface area contributed by atoms with Gasteiger partial charge in [-0.2, -0.15) is 0 Å². The summed E-state index contributed by atoms with van der Waals surface area (Å²) in [6.07, 6.45) is 2.12. The first-order valence-electron chi connectivity index (χ1n) is 6.15. The summed E-state index contributed by atoms with van der Waals surface area (Å²) in [6, 6.07) is 0.309. The number of likely N-dealkylation sites (N-methyl/N-ethyl adjacent to an activating group) is 1. The maximum absolute atomic E-state index is 11.1. The molecule has 0 bridgehead atoms. The van der Waals surface area contributed by atoms with Gasteiger partial charge in [-0.15, -0.1) is 0 Å². The highest BCUT2D eigenvalue weighted by Crippen LogP contribution is 2.33. The number of nitro groups is 1. The second-order valence-corrected chi connectivity index (χ2v) is 4.67. The van der Waals surface area contributed by atoms with Crippen molar-refractivity contribution in [1.82, 2.24) is 14.9 Å². The molecule has 7 heteroatoms. The number of rotatable bonds is 4. The van der Waals surface area contributed by atoms with E-state index < -0.39 is 4.92 Å². The first kappa shape index (κ1) is 12.8. The van der Waals surface area contributed by atoms with Crippen molar-refractivity contribution >= 4 is 11.6 Å². The standard InChI is InChI=1S/C11H19N5O2/c1-8-13-10(16(17)18)11(14(8)3)15-6-4-5-9(15)7-12-2/h9,12H,4-7H2,1-3H3. The molecule has 0 amide bonds. The van der Waals surface area contributed by atoms with Gasteiger partial charge in [0, 0.05) is 33.1 Å². The van der Waals surface area contributed by atoms with E-state index in [0.717, 1.165) is 25.9 Å². The van der Waals surface area contributed by atoms with Gasteiger partial charge in [0.15, 0.2) is 0 Å². The van der Waals surface area contributed by atoms with Crippen LogP contribution in [-0.4, -0.2) is 40.7 Å². The second kappa shape index (κ2) is 4.93. The van der Waals surface area contributed by atoms with Gasteiger partial charge in [0.05, 0.1) is 0 Å². The van der Waals surface area contributed by atoms with Crippen molar-refractivity contribution in [3.8, 4) is 0 Å². The molecule has 1 atom stereocenters. The largest absolute Gasteiger partial charge is 0.406 e. The van der Waals surface area contributed by atoms with E-state index in [1.807, 2.05) is 18.7 Å². The first-order valence-corrected chi connectivity index (χ1v) is 6.15. The summed E-state index contributed by atoms with van der Waals surface area (Å²) >= 11 is 0. The molecule has 1 aliphatic heterocycles. The summed E-state index contributed by atoms with van der Waals surface area (Å²) in [7, 11) is 3.73. The summed E-state index contributed by atoms with van der Waals surface area (Å²) in [5.74, 6) is 1.28. The molecular weight excluding hydrogens is 234 g/mol. The molecule has 1 unspecified atom stereocenters. The molecule has 2 heterocycles. The van der Waals surface area contributed by atoms with E-state index in [2.05, 4.69) is 15.2 Å². The molecule has 1 saturated heterocycles. The van der Waals surface area contributed by atoms with Crippen molar-refractivity contribution in [2.75, 3.05) is 25.0 Å². The zero-order valence-corrected chi connectivity index (χ0v) is 11.0. The molecule has 0 radical (unpaired) electrons. The van der Waals surface area contributed by atoms with Crippen molar-refractivity contribution < 1.29 is 4.92 Å². The van der Waals surface area contributed by atoms with Crippen LogP contribution in [-0.2, 0) is 7.05 Å². The van der Waals surface area contributed by atoms with Crippen molar-refractivity contribution in [1.29, 1.82) is 0 Å². The highest BCUT2D eigenvalue weighted by molar-refractivity contribution is 5.57. The molecular formula is C11H19N5O2. The average molecular weight is 253 g/mol. The number of nitrogens with one attached hydrogen (secondary N) is 1. The Hall–Kier alpha value is -1.63. The Morgan fingerprint density at radius 1 is 1.61 bits per heavy atom. The predicted molar refractivity (Wildman–Crippen MR) is 68.9 cm³/mol. The van der Waals surface area contributed by atoms with Crippen LogP contribution in [0.15, 0.2) is 0 Å². The van der Waals surface area contributed by atoms with Gasteiger partial charge in [-0.25, -0.2) is 0 Å². The number of hydrogen-bond donors (Lipinski definition) is 1. The number of imidazole rings is 1. The summed E-state index contributed by atoms with van der Waals surface area (Å²) in [6.45, 7) is 3.48. The maximum Gasteiger partial charge on any atom is 0.406 e. The molecule has 7 nitrogen and oxygen atoms in total. The Bertz CT molecular complexity index is 457. The van der Waals surface area contributed by atoms with Gasteiger partial charge >= 0.3 is 5.82 Å². The number of nitrogens with zero attached hydrogens (tertiary/aromatic N) is 4. The monoisotopic (exact) mass is 253 g/mol. The van der Waals surface area contributed by atoms with Crippen LogP contribution in [0.25, 0.3) is 0 Å². The Morgan fingerprint density at radius 2 is 2.33 bits per heavy atom. The molecule has 18 heavy (non-hydrogen) atoms. The van der Waals surface area contributed by atoms with Crippen molar-refractivity contribution in [2.45, 2.75) is 25.8 Å². The van der Waals surface area contributed by atoms with Crippen LogP contribution in [0.1, 0.15) is 18.7 Å². The number of hydrogen-bond acceptors (Lipinski definition) is 5. The zero-order chi connectivity index (χ0) is 13.3. The van der Waals surface area contributed by atoms with Gasteiger partial charge in [-0.1, -0.05) is 0 Å². The number of aromatic nitrogens is 2. The van der Waals surface area contributed by atoms with Gasteiger partial charge in [0.1, 0.15) is 0 Å².